The highest BCUT2D eigenvalue weighted by molar-refractivity contribution is 6.31. The molecule has 1 atom stereocenters. The fraction of sp³-hybridized carbons (Fsp3) is 0.263. The van der Waals surface area contributed by atoms with Crippen LogP contribution >= 0.6 is 11.6 Å². The molecule has 3 aromatic rings. The van der Waals surface area contributed by atoms with Gasteiger partial charge in [-0.1, -0.05) is 48.9 Å². The molecule has 0 aliphatic rings. The zero-order valence-corrected chi connectivity index (χ0v) is 14.5. The van der Waals surface area contributed by atoms with E-state index in [2.05, 4.69) is 10.4 Å². The molecule has 2 aromatic carbocycles. The maximum Gasteiger partial charge on any atom is 0.241 e. The van der Waals surface area contributed by atoms with E-state index < -0.39 is 0 Å². The molecule has 0 spiro atoms. The second kappa shape index (κ2) is 7.05. The Morgan fingerprint density at radius 1 is 1.25 bits per heavy atom. The topological polar surface area (TPSA) is 46.9 Å². The number of aromatic nitrogens is 2. The molecule has 4 nitrogen and oxygen atoms in total. The predicted octanol–water partition coefficient (Wildman–Crippen LogP) is 4.27. The van der Waals surface area contributed by atoms with Crippen LogP contribution in [-0.4, -0.2) is 21.7 Å². The van der Waals surface area contributed by atoms with Gasteiger partial charge in [0.15, 0.2) is 0 Å². The fourth-order valence-corrected chi connectivity index (χ4v) is 2.81. The van der Waals surface area contributed by atoms with Gasteiger partial charge in [-0.3, -0.25) is 9.48 Å². The summed E-state index contributed by atoms with van der Waals surface area (Å²) in [5.74, 6) is -0.0386. The molecule has 1 amide bonds. The minimum absolute atomic E-state index is 0.0386. The lowest BCUT2D eigenvalue weighted by Gasteiger charge is -2.11. The third-order valence-electron chi connectivity index (χ3n) is 4.07. The number of hydrogen-bond donors (Lipinski definition) is 1. The Hall–Kier alpha value is -2.33. The third-order valence-corrected chi connectivity index (χ3v) is 4.31. The van der Waals surface area contributed by atoms with Crippen LogP contribution in [0.25, 0.3) is 22.2 Å². The second-order valence-corrected chi connectivity index (χ2v) is 6.35. The van der Waals surface area contributed by atoms with Gasteiger partial charge in [0.2, 0.25) is 5.91 Å². The number of benzene rings is 2. The van der Waals surface area contributed by atoms with Crippen LogP contribution in [0, 0.1) is 0 Å². The Balaban J connectivity index is 2.01. The molecule has 0 fully saturated rings. The van der Waals surface area contributed by atoms with Crippen molar-refractivity contribution in [3.8, 4) is 11.3 Å². The number of carbonyl (C=O) groups is 1. The molecule has 5 heteroatoms. The number of rotatable bonds is 5. The number of halogens is 1. The lowest BCUT2D eigenvalue weighted by Crippen LogP contribution is -2.34. The number of nitrogens with one attached hydrogen (secondary N) is 1. The second-order valence-electron chi connectivity index (χ2n) is 5.91. The Morgan fingerprint density at radius 3 is 2.71 bits per heavy atom. The first-order valence-corrected chi connectivity index (χ1v) is 8.47. The van der Waals surface area contributed by atoms with Crippen LogP contribution < -0.4 is 5.32 Å². The number of fused-ring (bicyclic) bond motifs is 1. The fourth-order valence-electron chi connectivity index (χ4n) is 2.64. The summed E-state index contributed by atoms with van der Waals surface area (Å²) in [5.41, 5.74) is 2.74. The molecule has 24 heavy (non-hydrogen) atoms. The van der Waals surface area contributed by atoms with E-state index in [1.165, 1.54) is 0 Å². The first kappa shape index (κ1) is 16.5. The molecule has 124 valence electrons. The summed E-state index contributed by atoms with van der Waals surface area (Å²) < 4.78 is 1.74. The highest BCUT2D eigenvalue weighted by atomic mass is 35.5. The first-order valence-electron chi connectivity index (χ1n) is 8.09. The van der Waals surface area contributed by atoms with E-state index in [0.717, 1.165) is 28.6 Å². The van der Waals surface area contributed by atoms with Crippen LogP contribution in [0.1, 0.15) is 20.3 Å². The highest BCUT2D eigenvalue weighted by Gasteiger charge is 2.15. The Bertz CT molecular complexity index is 858. The van der Waals surface area contributed by atoms with Crippen molar-refractivity contribution in [1.82, 2.24) is 15.1 Å². The Kier molecular flexibility index (Phi) is 4.86. The van der Waals surface area contributed by atoms with Crippen LogP contribution in [0.15, 0.2) is 48.5 Å². The first-order chi connectivity index (χ1) is 11.6. The van der Waals surface area contributed by atoms with Gasteiger partial charge in [0, 0.05) is 22.0 Å². The highest BCUT2D eigenvalue weighted by Crippen LogP contribution is 2.30. The van der Waals surface area contributed by atoms with Crippen molar-refractivity contribution in [3.63, 3.8) is 0 Å². The number of carbonyl (C=O) groups excluding carboxylic acids is 1. The minimum Gasteiger partial charge on any atom is -0.352 e. The molecule has 0 aliphatic heterocycles. The summed E-state index contributed by atoms with van der Waals surface area (Å²) in [6.45, 7) is 4.23. The maximum atomic E-state index is 12.2. The van der Waals surface area contributed by atoms with E-state index in [1.54, 1.807) is 4.68 Å². The van der Waals surface area contributed by atoms with Crippen molar-refractivity contribution < 1.29 is 4.79 Å². The van der Waals surface area contributed by atoms with Gasteiger partial charge in [-0.25, -0.2) is 0 Å². The van der Waals surface area contributed by atoms with Crippen molar-refractivity contribution in [1.29, 1.82) is 0 Å². The molecule has 0 saturated heterocycles. The number of amides is 1. The zero-order chi connectivity index (χ0) is 17.1. The molecule has 1 aromatic heterocycles. The Morgan fingerprint density at radius 2 is 2.00 bits per heavy atom. The van der Waals surface area contributed by atoms with Crippen LogP contribution in [0.4, 0.5) is 0 Å². The quantitative estimate of drug-likeness (QED) is 0.753. The average molecular weight is 342 g/mol. The van der Waals surface area contributed by atoms with Crippen molar-refractivity contribution in [2.75, 3.05) is 0 Å². The van der Waals surface area contributed by atoms with Crippen LogP contribution in [0.3, 0.4) is 0 Å². The van der Waals surface area contributed by atoms with Crippen molar-refractivity contribution in [3.05, 3.63) is 53.6 Å². The molecule has 0 saturated carbocycles. The van der Waals surface area contributed by atoms with E-state index in [-0.39, 0.29) is 18.5 Å². The molecule has 3 rings (SSSR count). The monoisotopic (exact) mass is 341 g/mol. The van der Waals surface area contributed by atoms with Crippen molar-refractivity contribution in [2.45, 2.75) is 32.9 Å². The van der Waals surface area contributed by atoms with Gasteiger partial charge in [-0.05, 0) is 31.5 Å². The molecular formula is C19H20ClN3O. The minimum atomic E-state index is -0.0386. The summed E-state index contributed by atoms with van der Waals surface area (Å²) >= 11 is 6.16. The largest absolute Gasteiger partial charge is 0.352 e. The zero-order valence-electron chi connectivity index (χ0n) is 13.8. The summed E-state index contributed by atoms with van der Waals surface area (Å²) in [6.07, 6.45) is 0.899. The number of nitrogens with zero attached hydrogens (tertiary/aromatic N) is 2. The van der Waals surface area contributed by atoms with E-state index in [9.17, 15) is 4.79 Å². The van der Waals surface area contributed by atoms with E-state index >= 15 is 0 Å². The standard InChI is InChI=1S/C19H20ClN3O/c1-3-13(2)21-18(24)12-23-17-10-9-15(20)11-16(17)19(22-23)14-7-5-4-6-8-14/h4-11,13H,3,12H2,1-2H3,(H,21,24)/t13-/m1/s1. The summed E-state index contributed by atoms with van der Waals surface area (Å²) in [7, 11) is 0. The van der Waals surface area contributed by atoms with Crippen molar-refractivity contribution in [2.24, 2.45) is 0 Å². The molecule has 0 unspecified atom stereocenters. The van der Waals surface area contributed by atoms with Crippen LogP contribution in [0.2, 0.25) is 5.02 Å². The molecule has 0 radical (unpaired) electrons. The van der Waals surface area contributed by atoms with Gasteiger partial charge in [0.1, 0.15) is 12.2 Å². The summed E-state index contributed by atoms with van der Waals surface area (Å²) in [6, 6.07) is 15.7. The smallest absolute Gasteiger partial charge is 0.241 e. The normalized spacial score (nSPS) is 12.3. The molecule has 0 aliphatic carbocycles. The lowest BCUT2D eigenvalue weighted by molar-refractivity contribution is -0.122. The van der Waals surface area contributed by atoms with Gasteiger partial charge < -0.3 is 5.32 Å². The lowest BCUT2D eigenvalue weighted by atomic mass is 10.1. The van der Waals surface area contributed by atoms with Gasteiger partial charge in [-0.15, -0.1) is 0 Å². The maximum absolute atomic E-state index is 12.2. The molecular weight excluding hydrogens is 322 g/mol. The number of hydrogen-bond acceptors (Lipinski definition) is 2. The van der Waals surface area contributed by atoms with Crippen molar-refractivity contribution >= 4 is 28.4 Å². The van der Waals surface area contributed by atoms with Gasteiger partial charge >= 0.3 is 0 Å². The van der Waals surface area contributed by atoms with E-state index in [0.29, 0.717) is 5.02 Å². The average Bonchev–Trinajstić information content (AvgIpc) is 2.93. The van der Waals surface area contributed by atoms with Crippen LogP contribution in [0.5, 0.6) is 0 Å². The SMILES string of the molecule is CC[C@@H](C)NC(=O)Cn1nc(-c2ccccc2)c2cc(Cl)ccc21. The van der Waals surface area contributed by atoms with E-state index in [4.69, 9.17) is 11.6 Å². The summed E-state index contributed by atoms with van der Waals surface area (Å²) in [4.78, 5) is 12.2. The third kappa shape index (κ3) is 3.44. The van der Waals surface area contributed by atoms with Gasteiger partial charge in [0.05, 0.1) is 5.52 Å². The van der Waals surface area contributed by atoms with Gasteiger partial charge in [0.25, 0.3) is 0 Å². The molecule has 1 N–H and O–H groups in total. The van der Waals surface area contributed by atoms with E-state index in [1.807, 2.05) is 62.4 Å². The van der Waals surface area contributed by atoms with Crippen LogP contribution in [-0.2, 0) is 11.3 Å². The van der Waals surface area contributed by atoms with Gasteiger partial charge in [-0.2, -0.15) is 5.10 Å². The molecule has 0 bridgehead atoms. The predicted molar refractivity (Wildman–Crippen MR) is 98.1 cm³/mol. The molecule has 1 heterocycles. The summed E-state index contributed by atoms with van der Waals surface area (Å²) in [5, 5.41) is 9.25. The Labute approximate surface area is 146 Å².